The summed E-state index contributed by atoms with van der Waals surface area (Å²) in [6.45, 7) is 0. The average Bonchev–Trinajstić information content (AvgIpc) is 3.11. The minimum Gasteiger partial charge on any atom is -0.321 e. The lowest BCUT2D eigenvalue weighted by molar-refractivity contribution is -0.384. The summed E-state index contributed by atoms with van der Waals surface area (Å²) in [6, 6.07) is 6.63. The van der Waals surface area contributed by atoms with Crippen molar-refractivity contribution in [1.82, 2.24) is 4.98 Å². The van der Waals surface area contributed by atoms with Crippen LogP contribution in [0.25, 0.3) is 10.9 Å². The molecule has 2 aliphatic heterocycles. The molecule has 6 heteroatoms. The van der Waals surface area contributed by atoms with E-state index in [0.717, 1.165) is 11.5 Å². The number of anilines is 2. The molecule has 3 heterocycles. The Balaban J connectivity index is 1.92. The highest BCUT2D eigenvalue weighted by Crippen LogP contribution is 2.34. The van der Waals surface area contributed by atoms with Crippen molar-refractivity contribution in [2.24, 2.45) is 0 Å². The van der Waals surface area contributed by atoms with E-state index in [1.54, 1.807) is 12.1 Å². The van der Waals surface area contributed by atoms with Crippen LogP contribution in [0.2, 0.25) is 0 Å². The summed E-state index contributed by atoms with van der Waals surface area (Å²) >= 11 is 0. The molecule has 0 saturated heterocycles. The maximum absolute atomic E-state index is 11.1. The molecule has 0 unspecified atom stereocenters. The van der Waals surface area contributed by atoms with E-state index in [2.05, 4.69) is 0 Å². The van der Waals surface area contributed by atoms with Crippen LogP contribution < -0.4 is 9.80 Å². The maximum Gasteiger partial charge on any atom is 0.270 e. The summed E-state index contributed by atoms with van der Waals surface area (Å²) in [5.74, 6) is 0.726. The van der Waals surface area contributed by atoms with Gasteiger partial charge in [-0.15, -0.1) is 0 Å². The number of nitro groups is 1. The van der Waals surface area contributed by atoms with Crippen LogP contribution >= 0.6 is 0 Å². The zero-order chi connectivity index (χ0) is 18.6. The van der Waals surface area contributed by atoms with E-state index in [1.165, 1.54) is 6.07 Å². The number of nitro benzene ring substituents is 1. The summed E-state index contributed by atoms with van der Waals surface area (Å²) in [6.07, 6.45) is 23.2. The van der Waals surface area contributed by atoms with E-state index in [4.69, 9.17) is 4.98 Å². The standard InChI is InChI=1S/C21H16N4O2/c26-25(27)18-9-10-19-17(15-18)16-20(23-11-5-1-2-6-12-23)21(22-19)24-13-7-3-4-8-14-24/h1-16H. The van der Waals surface area contributed by atoms with Crippen molar-refractivity contribution < 1.29 is 4.92 Å². The minimum atomic E-state index is -0.394. The van der Waals surface area contributed by atoms with Crippen molar-refractivity contribution in [3.63, 3.8) is 0 Å². The molecule has 0 radical (unpaired) electrons. The fourth-order valence-electron chi connectivity index (χ4n) is 2.86. The van der Waals surface area contributed by atoms with Gasteiger partial charge in [-0.25, -0.2) is 4.98 Å². The molecule has 2 aliphatic rings. The van der Waals surface area contributed by atoms with Gasteiger partial charge in [0, 0.05) is 42.3 Å². The highest BCUT2D eigenvalue weighted by Gasteiger charge is 2.17. The van der Waals surface area contributed by atoms with Crippen LogP contribution in [0.3, 0.4) is 0 Å². The Morgan fingerprint density at radius 1 is 0.778 bits per heavy atom. The Kier molecular flexibility index (Phi) is 4.37. The lowest BCUT2D eigenvalue weighted by Crippen LogP contribution is -2.15. The molecule has 27 heavy (non-hydrogen) atoms. The monoisotopic (exact) mass is 356 g/mol. The van der Waals surface area contributed by atoms with Crippen LogP contribution in [-0.4, -0.2) is 9.91 Å². The minimum absolute atomic E-state index is 0.0466. The third-order valence-corrected chi connectivity index (χ3v) is 4.15. The van der Waals surface area contributed by atoms with Crippen LogP contribution in [0.1, 0.15) is 0 Å². The van der Waals surface area contributed by atoms with Gasteiger partial charge in [-0.05, 0) is 36.4 Å². The molecule has 1 aromatic carbocycles. The average molecular weight is 356 g/mol. The Labute approximate surface area is 156 Å². The second kappa shape index (κ2) is 7.13. The molecule has 4 rings (SSSR count). The first-order valence-electron chi connectivity index (χ1n) is 8.41. The van der Waals surface area contributed by atoms with Gasteiger partial charge in [-0.2, -0.15) is 0 Å². The number of aromatic nitrogens is 1. The van der Waals surface area contributed by atoms with Crippen LogP contribution in [0.4, 0.5) is 17.2 Å². The molecule has 132 valence electrons. The van der Waals surface area contributed by atoms with E-state index in [9.17, 15) is 10.1 Å². The van der Waals surface area contributed by atoms with E-state index < -0.39 is 4.92 Å². The number of non-ortho nitro benzene ring substituents is 1. The van der Waals surface area contributed by atoms with Gasteiger partial charge in [-0.1, -0.05) is 24.3 Å². The second-order valence-electron chi connectivity index (χ2n) is 5.92. The third-order valence-electron chi connectivity index (χ3n) is 4.15. The van der Waals surface area contributed by atoms with Crippen LogP contribution in [-0.2, 0) is 0 Å². The Hall–Kier alpha value is -3.93. The number of hydrogen-bond donors (Lipinski definition) is 0. The SMILES string of the molecule is O=[N+]([O-])c1ccc2nc(N3C=CC=CC=C3)c(N3C=CC=CC=C3)cc2c1. The molecule has 0 atom stereocenters. The number of pyridine rings is 1. The summed E-state index contributed by atoms with van der Waals surface area (Å²) in [5.41, 5.74) is 1.56. The highest BCUT2D eigenvalue weighted by atomic mass is 16.6. The fourth-order valence-corrected chi connectivity index (χ4v) is 2.86. The van der Waals surface area contributed by atoms with E-state index in [1.807, 2.05) is 89.3 Å². The number of rotatable bonds is 3. The van der Waals surface area contributed by atoms with Crippen LogP contribution in [0.5, 0.6) is 0 Å². The molecular weight excluding hydrogens is 340 g/mol. The van der Waals surface area contributed by atoms with Gasteiger partial charge in [0.05, 0.1) is 16.1 Å². The van der Waals surface area contributed by atoms with Crippen molar-refractivity contribution >= 4 is 28.1 Å². The van der Waals surface area contributed by atoms with E-state index >= 15 is 0 Å². The summed E-state index contributed by atoms with van der Waals surface area (Å²) in [4.78, 5) is 19.4. The molecule has 1 aromatic heterocycles. The normalized spacial score (nSPS) is 15.4. The lowest BCUT2D eigenvalue weighted by atomic mass is 10.1. The second-order valence-corrected chi connectivity index (χ2v) is 5.92. The number of benzene rings is 1. The fraction of sp³-hybridized carbons (Fsp3) is 0. The number of fused-ring (bicyclic) bond motifs is 1. The molecule has 0 N–H and O–H groups in total. The van der Waals surface area contributed by atoms with Gasteiger partial charge in [-0.3, -0.25) is 10.1 Å². The van der Waals surface area contributed by atoms with Gasteiger partial charge in [0.15, 0.2) is 5.82 Å². The Morgan fingerprint density at radius 2 is 1.37 bits per heavy atom. The van der Waals surface area contributed by atoms with Gasteiger partial charge < -0.3 is 9.80 Å². The summed E-state index contributed by atoms with van der Waals surface area (Å²) in [7, 11) is 0. The predicted octanol–water partition coefficient (Wildman–Crippen LogP) is 4.95. The first-order valence-corrected chi connectivity index (χ1v) is 8.41. The van der Waals surface area contributed by atoms with Crippen LogP contribution in [0, 0.1) is 10.1 Å². The first-order chi connectivity index (χ1) is 13.2. The van der Waals surface area contributed by atoms with Crippen molar-refractivity contribution in [2.45, 2.75) is 0 Å². The quantitative estimate of drug-likeness (QED) is 0.575. The molecule has 0 bridgehead atoms. The third kappa shape index (κ3) is 3.41. The summed E-state index contributed by atoms with van der Waals surface area (Å²) in [5, 5.41) is 11.9. The largest absolute Gasteiger partial charge is 0.321 e. The molecule has 0 amide bonds. The molecule has 6 nitrogen and oxygen atoms in total. The van der Waals surface area contributed by atoms with Crippen molar-refractivity contribution in [3.05, 3.63) is 108 Å². The number of hydrogen-bond acceptors (Lipinski definition) is 5. The smallest absolute Gasteiger partial charge is 0.270 e. The Morgan fingerprint density at radius 3 is 1.96 bits per heavy atom. The molecular formula is C21H16N4O2. The molecule has 0 aliphatic carbocycles. The van der Waals surface area contributed by atoms with Gasteiger partial charge in [0.2, 0.25) is 0 Å². The topological polar surface area (TPSA) is 62.5 Å². The zero-order valence-electron chi connectivity index (χ0n) is 14.3. The van der Waals surface area contributed by atoms with Crippen LogP contribution in [0.15, 0.2) is 97.7 Å². The zero-order valence-corrected chi connectivity index (χ0v) is 14.3. The number of allylic oxidation sites excluding steroid dienone is 8. The molecule has 0 spiro atoms. The predicted molar refractivity (Wildman–Crippen MR) is 108 cm³/mol. The summed E-state index contributed by atoms with van der Waals surface area (Å²) < 4.78 is 0. The molecule has 2 aromatic rings. The van der Waals surface area contributed by atoms with E-state index in [0.29, 0.717) is 10.9 Å². The van der Waals surface area contributed by atoms with Crippen molar-refractivity contribution in [2.75, 3.05) is 9.80 Å². The van der Waals surface area contributed by atoms with Crippen molar-refractivity contribution in [1.29, 1.82) is 0 Å². The van der Waals surface area contributed by atoms with Crippen molar-refractivity contribution in [3.8, 4) is 0 Å². The lowest BCUT2D eigenvalue weighted by Gasteiger charge is -2.24. The first kappa shape index (κ1) is 16.5. The van der Waals surface area contributed by atoms with Gasteiger partial charge in [0.25, 0.3) is 5.69 Å². The number of nitrogens with zero attached hydrogens (tertiary/aromatic N) is 4. The molecule has 0 fully saturated rings. The maximum atomic E-state index is 11.1. The Bertz CT molecular complexity index is 1050. The van der Waals surface area contributed by atoms with Gasteiger partial charge >= 0.3 is 0 Å². The molecule has 0 saturated carbocycles. The van der Waals surface area contributed by atoms with Gasteiger partial charge in [0.1, 0.15) is 0 Å². The highest BCUT2D eigenvalue weighted by molar-refractivity contribution is 5.90. The van der Waals surface area contributed by atoms with E-state index in [-0.39, 0.29) is 5.69 Å².